The van der Waals surface area contributed by atoms with E-state index in [0.29, 0.717) is 0 Å². The number of amidine groups is 1. The number of hydrogen-bond acceptors (Lipinski definition) is 2. The molecule has 0 aromatic heterocycles. The highest BCUT2D eigenvalue weighted by molar-refractivity contribution is 5.82. The molecule has 0 spiro atoms. The lowest BCUT2D eigenvalue weighted by Gasteiger charge is -2.03. The van der Waals surface area contributed by atoms with Crippen LogP contribution in [0, 0.1) is 0 Å². The zero-order valence-electron chi connectivity index (χ0n) is 10.2. The van der Waals surface area contributed by atoms with Crippen LogP contribution in [-0.2, 0) is 0 Å². The van der Waals surface area contributed by atoms with Crippen molar-refractivity contribution in [1.29, 1.82) is 0 Å². The number of aliphatic imine (C=N–C) groups is 1. The SMILES string of the molecule is CC.CCC1=NC\C=C/C=C(C)/C=C\N1. The number of hydrogen-bond donors (Lipinski definition) is 1. The molecule has 0 radical (unpaired) electrons. The first kappa shape index (κ1) is 13.7. The lowest BCUT2D eigenvalue weighted by molar-refractivity contribution is 1.08. The van der Waals surface area contributed by atoms with Crippen LogP contribution in [0.25, 0.3) is 0 Å². The maximum atomic E-state index is 4.37. The quantitative estimate of drug-likeness (QED) is 0.698. The zero-order valence-corrected chi connectivity index (χ0v) is 10.2. The third-order valence-electron chi connectivity index (χ3n) is 1.81. The zero-order chi connectivity index (χ0) is 11.5. The summed E-state index contributed by atoms with van der Waals surface area (Å²) in [4.78, 5) is 4.37. The Morgan fingerprint density at radius 3 is 2.80 bits per heavy atom. The summed E-state index contributed by atoms with van der Waals surface area (Å²) in [5, 5.41) is 3.16. The van der Waals surface area contributed by atoms with Crippen molar-refractivity contribution in [3.63, 3.8) is 0 Å². The summed E-state index contributed by atoms with van der Waals surface area (Å²) in [6.45, 7) is 8.93. The van der Waals surface area contributed by atoms with Gasteiger partial charge in [0.25, 0.3) is 0 Å². The Hall–Kier alpha value is -1.31. The molecule has 0 fully saturated rings. The fourth-order valence-electron chi connectivity index (χ4n) is 1.03. The molecule has 0 aromatic carbocycles. The monoisotopic (exact) mass is 206 g/mol. The molecule has 1 heterocycles. The molecule has 2 heteroatoms. The van der Waals surface area contributed by atoms with Gasteiger partial charge in [0.2, 0.25) is 0 Å². The third-order valence-corrected chi connectivity index (χ3v) is 1.81. The summed E-state index contributed by atoms with van der Waals surface area (Å²) in [6.07, 6.45) is 11.1. The summed E-state index contributed by atoms with van der Waals surface area (Å²) < 4.78 is 0. The molecule has 1 N–H and O–H groups in total. The molecule has 0 aromatic rings. The van der Waals surface area contributed by atoms with Gasteiger partial charge in [-0.05, 0) is 18.6 Å². The number of rotatable bonds is 1. The molecule has 0 saturated carbocycles. The second-order valence-electron chi connectivity index (χ2n) is 2.96. The molecule has 0 saturated heterocycles. The van der Waals surface area contributed by atoms with E-state index in [1.165, 1.54) is 5.57 Å². The van der Waals surface area contributed by atoms with Crippen molar-refractivity contribution >= 4 is 5.84 Å². The summed E-state index contributed by atoms with van der Waals surface area (Å²) in [5.74, 6) is 1.04. The van der Waals surface area contributed by atoms with E-state index >= 15 is 0 Å². The van der Waals surface area contributed by atoms with E-state index in [2.05, 4.69) is 36.3 Å². The molecule has 1 rings (SSSR count). The van der Waals surface area contributed by atoms with Crippen LogP contribution in [0.2, 0.25) is 0 Å². The molecule has 1 aliphatic heterocycles. The van der Waals surface area contributed by atoms with E-state index < -0.39 is 0 Å². The molecule has 2 nitrogen and oxygen atoms in total. The molecule has 15 heavy (non-hydrogen) atoms. The number of nitrogens with one attached hydrogen (secondary N) is 1. The summed E-state index contributed by atoms with van der Waals surface area (Å²) in [5.41, 5.74) is 1.24. The van der Waals surface area contributed by atoms with Gasteiger partial charge in [-0.3, -0.25) is 4.99 Å². The van der Waals surface area contributed by atoms with E-state index in [4.69, 9.17) is 0 Å². The first-order valence-corrected chi connectivity index (χ1v) is 5.62. The second kappa shape index (κ2) is 9.25. The lowest BCUT2D eigenvalue weighted by Crippen LogP contribution is -2.16. The normalized spacial score (nSPS) is 23.2. The summed E-state index contributed by atoms with van der Waals surface area (Å²) in [6, 6.07) is 0. The summed E-state index contributed by atoms with van der Waals surface area (Å²) >= 11 is 0. The minimum Gasteiger partial charge on any atom is -0.350 e. The van der Waals surface area contributed by atoms with Crippen molar-refractivity contribution in [3.8, 4) is 0 Å². The first-order chi connectivity index (χ1) is 7.33. The number of nitrogens with zero attached hydrogens (tertiary/aromatic N) is 1. The maximum absolute atomic E-state index is 4.37. The summed E-state index contributed by atoms with van der Waals surface area (Å²) in [7, 11) is 0. The van der Waals surface area contributed by atoms with Crippen LogP contribution >= 0.6 is 0 Å². The Bertz CT molecular complexity index is 270. The average molecular weight is 206 g/mol. The lowest BCUT2D eigenvalue weighted by atomic mass is 10.2. The van der Waals surface area contributed by atoms with E-state index in [-0.39, 0.29) is 0 Å². The molecule has 0 aliphatic carbocycles. The van der Waals surface area contributed by atoms with Gasteiger partial charge in [0.05, 0.1) is 6.54 Å². The van der Waals surface area contributed by atoms with Gasteiger partial charge in [0.1, 0.15) is 5.84 Å². The largest absolute Gasteiger partial charge is 0.350 e. The smallest absolute Gasteiger partial charge is 0.100 e. The van der Waals surface area contributed by atoms with Gasteiger partial charge in [0.15, 0.2) is 0 Å². The van der Waals surface area contributed by atoms with Crippen molar-refractivity contribution in [1.82, 2.24) is 5.32 Å². The van der Waals surface area contributed by atoms with Crippen LogP contribution in [-0.4, -0.2) is 12.4 Å². The minimum atomic E-state index is 0.758. The van der Waals surface area contributed by atoms with Gasteiger partial charge < -0.3 is 5.32 Å². The van der Waals surface area contributed by atoms with Gasteiger partial charge in [-0.2, -0.15) is 0 Å². The van der Waals surface area contributed by atoms with Crippen molar-refractivity contribution in [3.05, 3.63) is 36.1 Å². The fraction of sp³-hybridized carbons (Fsp3) is 0.462. The predicted octanol–water partition coefficient (Wildman–Crippen LogP) is 3.44. The van der Waals surface area contributed by atoms with Gasteiger partial charge in [0, 0.05) is 12.6 Å². The Kier molecular flexibility index (Phi) is 8.44. The van der Waals surface area contributed by atoms with Crippen molar-refractivity contribution in [2.75, 3.05) is 6.54 Å². The molecule has 0 unspecified atom stereocenters. The molecule has 84 valence electrons. The van der Waals surface area contributed by atoms with Crippen LogP contribution in [0.4, 0.5) is 0 Å². The van der Waals surface area contributed by atoms with Crippen LogP contribution in [0.1, 0.15) is 34.1 Å². The van der Waals surface area contributed by atoms with Crippen LogP contribution in [0.5, 0.6) is 0 Å². The highest BCUT2D eigenvalue weighted by atomic mass is 15.0. The molecular weight excluding hydrogens is 184 g/mol. The van der Waals surface area contributed by atoms with Crippen LogP contribution < -0.4 is 5.32 Å². The van der Waals surface area contributed by atoms with E-state index in [9.17, 15) is 0 Å². The first-order valence-electron chi connectivity index (χ1n) is 5.62. The van der Waals surface area contributed by atoms with Gasteiger partial charge in [-0.1, -0.05) is 39.0 Å². The van der Waals surface area contributed by atoms with Crippen LogP contribution in [0.15, 0.2) is 41.1 Å². The van der Waals surface area contributed by atoms with E-state index in [0.717, 1.165) is 18.8 Å². The Morgan fingerprint density at radius 1 is 1.40 bits per heavy atom. The van der Waals surface area contributed by atoms with E-state index in [1.807, 2.05) is 32.2 Å². The molecule has 1 aliphatic rings. The standard InChI is InChI=1S/C11H16N2.C2H6/c1-3-11-12-8-5-4-6-10(2)7-9-13-11;1-2/h4-7,9H,3,8H2,1-2H3,(H,12,13);1-2H3/b5-4-,9-7-,10-6+;. The Balaban J connectivity index is 0.000000921. The third kappa shape index (κ3) is 6.72. The van der Waals surface area contributed by atoms with Crippen molar-refractivity contribution < 1.29 is 0 Å². The van der Waals surface area contributed by atoms with E-state index in [1.54, 1.807) is 0 Å². The van der Waals surface area contributed by atoms with Gasteiger partial charge in [-0.25, -0.2) is 0 Å². The molecule has 0 atom stereocenters. The van der Waals surface area contributed by atoms with Gasteiger partial charge in [-0.15, -0.1) is 0 Å². The van der Waals surface area contributed by atoms with Gasteiger partial charge >= 0.3 is 0 Å². The van der Waals surface area contributed by atoms with Crippen molar-refractivity contribution in [2.45, 2.75) is 34.1 Å². The molecular formula is C13H22N2. The second-order valence-corrected chi connectivity index (χ2v) is 2.96. The highest BCUT2D eigenvalue weighted by Crippen LogP contribution is 1.96. The number of allylic oxidation sites excluding steroid dienone is 4. The Morgan fingerprint density at radius 2 is 2.13 bits per heavy atom. The average Bonchev–Trinajstić information content (AvgIpc) is 2.29. The minimum absolute atomic E-state index is 0.758. The highest BCUT2D eigenvalue weighted by Gasteiger charge is 1.90. The fourth-order valence-corrected chi connectivity index (χ4v) is 1.03. The topological polar surface area (TPSA) is 24.4 Å². The molecule has 0 bridgehead atoms. The maximum Gasteiger partial charge on any atom is 0.100 e. The Labute approximate surface area is 93.5 Å². The van der Waals surface area contributed by atoms with Crippen molar-refractivity contribution in [2.24, 2.45) is 4.99 Å². The van der Waals surface area contributed by atoms with Crippen LogP contribution in [0.3, 0.4) is 0 Å². The molecule has 0 amide bonds. The predicted molar refractivity (Wildman–Crippen MR) is 69.1 cm³/mol.